The Morgan fingerprint density at radius 1 is 1.38 bits per heavy atom. The molecule has 0 spiro atoms. The van der Waals surface area contributed by atoms with Gasteiger partial charge in [0.15, 0.2) is 0 Å². The average molecular weight is 219 g/mol. The van der Waals surface area contributed by atoms with Crippen molar-refractivity contribution >= 4 is 0 Å². The van der Waals surface area contributed by atoms with Crippen LogP contribution < -0.4 is 10.1 Å². The molecule has 0 atom stereocenters. The summed E-state index contributed by atoms with van der Waals surface area (Å²) in [6.07, 6.45) is 3.94. The molecule has 0 radical (unpaired) electrons. The molecule has 1 fully saturated rings. The monoisotopic (exact) mass is 219 g/mol. The van der Waals surface area contributed by atoms with E-state index in [0.29, 0.717) is 5.54 Å². The van der Waals surface area contributed by atoms with Crippen molar-refractivity contribution in [2.75, 3.05) is 7.11 Å². The lowest BCUT2D eigenvalue weighted by molar-refractivity contribution is 0.206. The molecule has 88 valence electrons. The highest BCUT2D eigenvalue weighted by Gasteiger charge is 2.30. The maximum absolute atomic E-state index is 5.38. The molecule has 0 heterocycles. The van der Waals surface area contributed by atoms with Gasteiger partial charge in [-0.05, 0) is 39.2 Å². The van der Waals surface area contributed by atoms with Crippen LogP contribution in [0, 0.1) is 6.92 Å². The van der Waals surface area contributed by atoms with Crippen molar-refractivity contribution in [1.82, 2.24) is 5.32 Å². The Labute approximate surface area is 98.0 Å². The minimum Gasteiger partial charge on any atom is -0.496 e. The van der Waals surface area contributed by atoms with E-state index in [1.54, 1.807) is 7.11 Å². The molecule has 0 aliphatic heterocycles. The first-order valence-electron chi connectivity index (χ1n) is 6.01. The largest absolute Gasteiger partial charge is 0.496 e. The standard InChI is InChI=1S/C14H21NO/c1-11-5-6-13(16-3)12(9-11)10-15-14(2)7-4-8-14/h5-6,9,15H,4,7-8,10H2,1-3H3. The molecule has 0 amide bonds. The third-order valence-corrected chi connectivity index (χ3v) is 3.60. The van der Waals surface area contributed by atoms with Crippen molar-refractivity contribution in [2.24, 2.45) is 0 Å². The van der Waals surface area contributed by atoms with E-state index in [1.807, 2.05) is 0 Å². The van der Waals surface area contributed by atoms with Crippen LogP contribution in [-0.2, 0) is 6.54 Å². The molecular formula is C14H21NO. The molecule has 1 aliphatic rings. The Kier molecular flexibility index (Phi) is 3.20. The summed E-state index contributed by atoms with van der Waals surface area (Å²) in [5, 5.41) is 3.63. The molecule has 1 N–H and O–H groups in total. The van der Waals surface area contributed by atoms with Crippen LogP contribution in [0.5, 0.6) is 5.75 Å². The lowest BCUT2D eigenvalue weighted by Gasteiger charge is -2.39. The van der Waals surface area contributed by atoms with Crippen LogP contribution >= 0.6 is 0 Å². The summed E-state index contributed by atoms with van der Waals surface area (Å²) < 4.78 is 5.38. The lowest BCUT2D eigenvalue weighted by atomic mass is 9.78. The number of benzene rings is 1. The Hall–Kier alpha value is -1.02. The highest BCUT2D eigenvalue weighted by molar-refractivity contribution is 5.36. The molecule has 0 saturated heterocycles. The summed E-state index contributed by atoms with van der Waals surface area (Å²) >= 11 is 0. The smallest absolute Gasteiger partial charge is 0.123 e. The van der Waals surface area contributed by atoms with E-state index >= 15 is 0 Å². The fourth-order valence-corrected chi connectivity index (χ4v) is 2.24. The van der Waals surface area contributed by atoms with Gasteiger partial charge in [0.1, 0.15) is 5.75 Å². The normalized spacial score (nSPS) is 17.9. The fraction of sp³-hybridized carbons (Fsp3) is 0.571. The molecule has 1 aromatic carbocycles. The van der Waals surface area contributed by atoms with Gasteiger partial charge in [0.05, 0.1) is 7.11 Å². The van der Waals surface area contributed by atoms with Crippen LogP contribution in [0.4, 0.5) is 0 Å². The number of methoxy groups -OCH3 is 1. The number of aryl methyl sites for hydroxylation is 1. The van der Waals surface area contributed by atoms with Crippen molar-refractivity contribution in [3.05, 3.63) is 29.3 Å². The Morgan fingerprint density at radius 2 is 2.12 bits per heavy atom. The van der Waals surface area contributed by atoms with Crippen LogP contribution in [0.2, 0.25) is 0 Å². The predicted molar refractivity (Wildman–Crippen MR) is 66.8 cm³/mol. The first-order chi connectivity index (χ1) is 7.63. The van der Waals surface area contributed by atoms with E-state index in [9.17, 15) is 0 Å². The van der Waals surface area contributed by atoms with Gasteiger partial charge >= 0.3 is 0 Å². The summed E-state index contributed by atoms with van der Waals surface area (Å²) in [5.41, 5.74) is 2.90. The highest BCUT2D eigenvalue weighted by atomic mass is 16.5. The number of nitrogens with one attached hydrogen (secondary N) is 1. The first-order valence-corrected chi connectivity index (χ1v) is 6.01. The number of ether oxygens (including phenoxy) is 1. The molecule has 0 unspecified atom stereocenters. The number of hydrogen-bond donors (Lipinski definition) is 1. The molecule has 0 bridgehead atoms. The van der Waals surface area contributed by atoms with Gasteiger partial charge in [-0.25, -0.2) is 0 Å². The summed E-state index contributed by atoms with van der Waals surface area (Å²) in [6, 6.07) is 6.34. The van der Waals surface area contributed by atoms with Gasteiger partial charge in [-0.3, -0.25) is 0 Å². The van der Waals surface area contributed by atoms with Gasteiger partial charge in [0, 0.05) is 17.6 Å². The molecule has 1 aromatic rings. The zero-order valence-corrected chi connectivity index (χ0v) is 10.5. The molecule has 2 nitrogen and oxygen atoms in total. The van der Waals surface area contributed by atoms with Crippen LogP contribution in [0.25, 0.3) is 0 Å². The molecule has 2 heteroatoms. The van der Waals surface area contributed by atoms with E-state index < -0.39 is 0 Å². The SMILES string of the molecule is COc1ccc(C)cc1CNC1(C)CCC1. The Morgan fingerprint density at radius 3 is 2.69 bits per heavy atom. The lowest BCUT2D eigenvalue weighted by Crippen LogP contribution is -2.47. The van der Waals surface area contributed by atoms with Crippen molar-refractivity contribution in [1.29, 1.82) is 0 Å². The van der Waals surface area contributed by atoms with E-state index in [-0.39, 0.29) is 0 Å². The molecule has 2 rings (SSSR count). The zero-order valence-electron chi connectivity index (χ0n) is 10.5. The van der Waals surface area contributed by atoms with Crippen LogP contribution in [0.3, 0.4) is 0 Å². The molecule has 0 aromatic heterocycles. The second kappa shape index (κ2) is 4.46. The first kappa shape index (κ1) is 11.5. The van der Waals surface area contributed by atoms with Gasteiger partial charge in [-0.15, -0.1) is 0 Å². The van der Waals surface area contributed by atoms with E-state index in [0.717, 1.165) is 12.3 Å². The van der Waals surface area contributed by atoms with Gasteiger partial charge in [0.25, 0.3) is 0 Å². The quantitative estimate of drug-likeness (QED) is 0.840. The summed E-state index contributed by atoms with van der Waals surface area (Å²) in [6.45, 7) is 5.33. The number of hydrogen-bond acceptors (Lipinski definition) is 2. The molecule has 1 saturated carbocycles. The highest BCUT2D eigenvalue weighted by Crippen LogP contribution is 2.31. The van der Waals surface area contributed by atoms with Gasteiger partial charge in [-0.1, -0.05) is 17.7 Å². The van der Waals surface area contributed by atoms with E-state index in [4.69, 9.17) is 4.74 Å². The summed E-state index contributed by atoms with van der Waals surface area (Å²) in [5.74, 6) is 0.987. The maximum Gasteiger partial charge on any atom is 0.123 e. The maximum atomic E-state index is 5.38. The van der Waals surface area contributed by atoms with Crippen LogP contribution in [0.15, 0.2) is 18.2 Å². The van der Waals surface area contributed by atoms with Gasteiger partial charge < -0.3 is 10.1 Å². The topological polar surface area (TPSA) is 21.3 Å². The van der Waals surface area contributed by atoms with Gasteiger partial charge in [-0.2, -0.15) is 0 Å². The molecule has 16 heavy (non-hydrogen) atoms. The fourth-order valence-electron chi connectivity index (χ4n) is 2.24. The Balaban J connectivity index is 2.04. The van der Waals surface area contributed by atoms with Crippen molar-refractivity contribution in [2.45, 2.75) is 45.2 Å². The van der Waals surface area contributed by atoms with E-state index in [1.165, 1.54) is 30.4 Å². The zero-order chi connectivity index (χ0) is 11.6. The second-order valence-corrected chi connectivity index (χ2v) is 5.08. The van der Waals surface area contributed by atoms with Crippen molar-refractivity contribution in [3.63, 3.8) is 0 Å². The third-order valence-electron chi connectivity index (χ3n) is 3.60. The summed E-state index contributed by atoms with van der Waals surface area (Å²) in [7, 11) is 1.74. The van der Waals surface area contributed by atoms with Crippen molar-refractivity contribution in [3.8, 4) is 5.75 Å². The molecule has 1 aliphatic carbocycles. The minimum atomic E-state index is 0.356. The number of rotatable bonds is 4. The minimum absolute atomic E-state index is 0.356. The average Bonchev–Trinajstić information content (AvgIpc) is 2.24. The van der Waals surface area contributed by atoms with E-state index in [2.05, 4.69) is 37.4 Å². The second-order valence-electron chi connectivity index (χ2n) is 5.08. The van der Waals surface area contributed by atoms with Gasteiger partial charge in [0.2, 0.25) is 0 Å². The summed E-state index contributed by atoms with van der Waals surface area (Å²) in [4.78, 5) is 0. The Bertz CT molecular complexity index is 369. The predicted octanol–water partition coefficient (Wildman–Crippen LogP) is 3.04. The van der Waals surface area contributed by atoms with Crippen LogP contribution in [0.1, 0.15) is 37.3 Å². The van der Waals surface area contributed by atoms with Crippen molar-refractivity contribution < 1.29 is 4.74 Å². The van der Waals surface area contributed by atoms with Crippen LogP contribution in [-0.4, -0.2) is 12.6 Å². The third kappa shape index (κ3) is 2.38. The molecular weight excluding hydrogens is 198 g/mol.